The second-order valence-corrected chi connectivity index (χ2v) is 10.6. The predicted octanol–water partition coefficient (Wildman–Crippen LogP) is 2.96. The summed E-state index contributed by atoms with van der Waals surface area (Å²) in [6.07, 6.45) is 4.00. The fourth-order valence-corrected chi connectivity index (χ4v) is 6.96. The van der Waals surface area contributed by atoms with Crippen LogP contribution in [-0.2, 0) is 31.1 Å². The van der Waals surface area contributed by atoms with Gasteiger partial charge in [-0.3, -0.25) is 24.6 Å². The predicted molar refractivity (Wildman–Crippen MR) is 133 cm³/mol. The van der Waals surface area contributed by atoms with E-state index in [0.29, 0.717) is 29.3 Å². The van der Waals surface area contributed by atoms with Crippen LogP contribution in [0.2, 0.25) is 5.02 Å². The Morgan fingerprint density at radius 3 is 2.78 bits per heavy atom. The molecule has 0 saturated carbocycles. The number of hydrogen-bond donors (Lipinski definition) is 3. The number of carbonyl (C=O) groups excluding carboxylic acids is 3. The second-order valence-electron chi connectivity index (χ2n) is 10.2. The molecule has 8 nitrogen and oxygen atoms in total. The Kier molecular flexibility index (Phi) is 4.83. The third-order valence-corrected chi connectivity index (χ3v) is 8.63. The van der Waals surface area contributed by atoms with Gasteiger partial charge in [-0.2, -0.15) is 0 Å². The Hall–Kier alpha value is -3.20. The normalized spacial score (nSPS) is 31.0. The highest BCUT2D eigenvalue weighted by atomic mass is 35.5. The first-order valence-electron chi connectivity index (χ1n) is 12.4. The van der Waals surface area contributed by atoms with Crippen molar-refractivity contribution in [1.29, 1.82) is 0 Å². The Bertz CT molecular complexity index is 1430. The number of para-hydroxylation sites is 2. The maximum atomic E-state index is 13.9. The number of ether oxygens (including phenoxy) is 1. The van der Waals surface area contributed by atoms with E-state index in [9.17, 15) is 14.4 Å². The van der Waals surface area contributed by atoms with Crippen LogP contribution >= 0.6 is 11.6 Å². The highest BCUT2D eigenvalue weighted by molar-refractivity contribution is 6.35. The van der Waals surface area contributed by atoms with Gasteiger partial charge in [0.2, 0.25) is 17.7 Å². The monoisotopic (exact) mass is 504 g/mol. The van der Waals surface area contributed by atoms with Gasteiger partial charge >= 0.3 is 0 Å². The lowest BCUT2D eigenvalue weighted by atomic mass is 9.76. The van der Waals surface area contributed by atoms with Crippen LogP contribution in [0.1, 0.15) is 24.0 Å². The van der Waals surface area contributed by atoms with Crippen molar-refractivity contribution in [2.24, 2.45) is 11.8 Å². The number of carbonyl (C=O) groups is 3. The number of likely N-dealkylation sites (tertiary alicyclic amines) is 1. The fourth-order valence-electron chi connectivity index (χ4n) is 6.74. The standard InChI is InChI=1S/C27H25ClN4O4/c28-18-8-3-7-17-23(18)30-26(35)27(17)22-21(24(33)32(25(22)34)13-15-5-4-10-36-15)20(31-27)11-14-12-29-19-9-2-1-6-16(14)19/h1-3,6-9,12,15,20-22,29,31H,4-5,10-11,13H2,(H,30,35)/t15-,20+,21-,22+,27+/m0/s1. The zero-order chi connectivity index (χ0) is 24.6. The third kappa shape index (κ3) is 2.92. The van der Waals surface area contributed by atoms with E-state index in [1.807, 2.05) is 36.5 Å². The molecule has 3 aromatic rings. The molecular formula is C27H25ClN4O4. The van der Waals surface area contributed by atoms with Gasteiger partial charge in [-0.05, 0) is 37.0 Å². The van der Waals surface area contributed by atoms with E-state index in [1.54, 1.807) is 12.1 Å². The number of H-pyrrole nitrogens is 1. The largest absolute Gasteiger partial charge is 0.376 e. The number of aromatic amines is 1. The molecule has 1 spiro atoms. The summed E-state index contributed by atoms with van der Waals surface area (Å²) in [4.78, 5) is 46.1. The van der Waals surface area contributed by atoms with Crippen LogP contribution in [0.25, 0.3) is 10.9 Å². The molecule has 184 valence electrons. The highest BCUT2D eigenvalue weighted by Crippen LogP contribution is 2.54. The summed E-state index contributed by atoms with van der Waals surface area (Å²) < 4.78 is 5.74. The zero-order valence-corrected chi connectivity index (χ0v) is 20.2. The number of amides is 3. The van der Waals surface area contributed by atoms with Gasteiger partial charge in [0.15, 0.2) is 0 Å². The quantitative estimate of drug-likeness (QED) is 0.474. The summed E-state index contributed by atoms with van der Waals surface area (Å²) >= 11 is 6.44. The minimum atomic E-state index is -1.36. The summed E-state index contributed by atoms with van der Waals surface area (Å²) in [6.45, 7) is 0.862. The number of rotatable bonds is 4. The number of benzene rings is 2. The first-order valence-corrected chi connectivity index (χ1v) is 12.8. The lowest BCUT2D eigenvalue weighted by Gasteiger charge is -2.30. The molecule has 0 unspecified atom stereocenters. The van der Waals surface area contributed by atoms with Crippen molar-refractivity contribution in [3.05, 3.63) is 64.8 Å². The maximum absolute atomic E-state index is 13.9. The summed E-state index contributed by atoms with van der Waals surface area (Å²) in [5.41, 5.74) is 1.79. The minimum Gasteiger partial charge on any atom is -0.376 e. The van der Waals surface area contributed by atoms with E-state index in [4.69, 9.17) is 16.3 Å². The number of halogens is 1. The minimum absolute atomic E-state index is 0.160. The number of aromatic nitrogens is 1. The first-order chi connectivity index (χ1) is 17.5. The summed E-state index contributed by atoms with van der Waals surface area (Å²) in [5, 5.41) is 7.86. The molecule has 2 aromatic carbocycles. The van der Waals surface area contributed by atoms with Crippen molar-refractivity contribution in [3.63, 3.8) is 0 Å². The van der Waals surface area contributed by atoms with Crippen LogP contribution in [0.15, 0.2) is 48.7 Å². The number of anilines is 1. The van der Waals surface area contributed by atoms with Gasteiger partial charge in [0.1, 0.15) is 5.54 Å². The molecule has 3 saturated heterocycles. The summed E-state index contributed by atoms with van der Waals surface area (Å²) in [7, 11) is 0. The van der Waals surface area contributed by atoms with Crippen LogP contribution in [0.4, 0.5) is 5.69 Å². The van der Waals surface area contributed by atoms with Gasteiger partial charge in [-0.15, -0.1) is 0 Å². The van der Waals surface area contributed by atoms with Crippen molar-refractivity contribution in [1.82, 2.24) is 15.2 Å². The summed E-state index contributed by atoms with van der Waals surface area (Å²) in [5.74, 6) is -2.44. The average molecular weight is 505 g/mol. The van der Waals surface area contributed by atoms with Crippen molar-refractivity contribution >= 4 is 45.9 Å². The Labute approximate surface area is 212 Å². The molecular weight excluding hydrogens is 480 g/mol. The van der Waals surface area contributed by atoms with E-state index in [-0.39, 0.29) is 30.4 Å². The molecule has 7 rings (SSSR count). The molecule has 5 heterocycles. The van der Waals surface area contributed by atoms with Crippen LogP contribution in [0.3, 0.4) is 0 Å². The van der Waals surface area contributed by atoms with Gasteiger partial charge in [-0.25, -0.2) is 0 Å². The zero-order valence-electron chi connectivity index (χ0n) is 19.4. The molecule has 4 aliphatic heterocycles. The molecule has 3 amide bonds. The van der Waals surface area contributed by atoms with E-state index < -0.39 is 23.4 Å². The lowest BCUT2D eigenvalue weighted by molar-refractivity contribution is -0.144. The van der Waals surface area contributed by atoms with Crippen LogP contribution < -0.4 is 10.6 Å². The maximum Gasteiger partial charge on any atom is 0.250 e. The van der Waals surface area contributed by atoms with Gasteiger partial charge < -0.3 is 15.0 Å². The van der Waals surface area contributed by atoms with E-state index in [0.717, 1.165) is 29.3 Å². The Morgan fingerprint density at radius 1 is 1.08 bits per heavy atom. The SMILES string of the molecule is O=C1[C@H]2[C@@H](Cc3c[nH]c4ccccc34)N[C@@]3(C(=O)Nc4c(Cl)cccc43)[C@H]2C(=O)N1C[C@@H]1CCCO1. The lowest BCUT2D eigenvalue weighted by Crippen LogP contribution is -2.54. The topological polar surface area (TPSA) is 104 Å². The molecule has 4 aliphatic rings. The molecule has 3 fully saturated rings. The average Bonchev–Trinajstić information content (AvgIpc) is 3.68. The van der Waals surface area contributed by atoms with Gasteiger partial charge in [0.25, 0.3) is 0 Å². The van der Waals surface area contributed by atoms with Gasteiger partial charge in [-0.1, -0.05) is 41.9 Å². The van der Waals surface area contributed by atoms with Gasteiger partial charge in [0, 0.05) is 35.3 Å². The fraction of sp³-hybridized carbons (Fsp3) is 0.370. The number of imide groups is 1. The Balaban J connectivity index is 1.33. The highest BCUT2D eigenvalue weighted by Gasteiger charge is 2.70. The third-order valence-electron chi connectivity index (χ3n) is 8.32. The summed E-state index contributed by atoms with van der Waals surface area (Å²) in [6, 6.07) is 12.9. The smallest absolute Gasteiger partial charge is 0.250 e. The van der Waals surface area contributed by atoms with Crippen LogP contribution in [0, 0.1) is 11.8 Å². The number of fused-ring (bicyclic) bond motifs is 5. The van der Waals surface area contributed by atoms with Crippen LogP contribution in [0.5, 0.6) is 0 Å². The van der Waals surface area contributed by atoms with E-state index >= 15 is 0 Å². The van der Waals surface area contributed by atoms with Gasteiger partial charge in [0.05, 0.1) is 35.2 Å². The van der Waals surface area contributed by atoms with Crippen molar-refractivity contribution < 1.29 is 19.1 Å². The van der Waals surface area contributed by atoms with E-state index in [2.05, 4.69) is 15.6 Å². The van der Waals surface area contributed by atoms with E-state index in [1.165, 1.54) is 4.90 Å². The molecule has 3 N–H and O–H groups in total. The second kappa shape index (κ2) is 7.90. The van der Waals surface area contributed by atoms with Crippen molar-refractivity contribution in [3.8, 4) is 0 Å². The number of hydrogen-bond acceptors (Lipinski definition) is 5. The molecule has 0 bridgehead atoms. The molecule has 0 aliphatic carbocycles. The Morgan fingerprint density at radius 2 is 1.94 bits per heavy atom. The molecule has 36 heavy (non-hydrogen) atoms. The first kappa shape index (κ1) is 22.0. The molecule has 5 atom stereocenters. The molecule has 0 radical (unpaired) electrons. The molecule has 9 heteroatoms. The number of nitrogens with one attached hydrogen (secondary N) is 3. The number of nitrogens with zero attached hydrogens (tertiary/aromatic N) is 1. The van der Waals surface area contributed by atoms with Crippen molar-refractivity contribution in [2.45, 2.75) is 36.9 Å². The van der Waals surface area contributed by atoms with Crippen LogP contribution in [-0.4, -0.2) is 52.9 Å². The molecule has 1 aromatic heterocycles. The van der Waals surface area contributed by atoms with Crippen molar-refractivity contribution in [2.75, 3.05) is 18.5 Å².